The lowest BCUT2D eigenvalue weighted by Gasteiger charge is -2.60. The summed E-state index contributed by atoms with van der Waals surface area (Å²) in [6, 6.07) is 0. The van der Waals surface area contributed by atoms with Crippen molar-refractivity contribution in [3.8, 4) is 0 Å². The molecule has 0 radical (unpaired) electrons. The zero-order valence-electron chi connectivity index (χ0n) is 23.4. The molecular formula is C29H50O6. The van der Waals surface area contributed by atoms with Gasteiger partial charge in [-0.3, -0.25) is 4.79 Å². The van der Waals surface area contributed by atoms with Crippen LogP contribution >= 0.6 is 0 Å². The molecule has 2 saturated heterocycles. The van der Waals surface area contributed by atoms with Crippen LogP contribution in [0.2, 0.25) is 0 Å². The molecule has 4 aliphatic rings. The highest BCUT2D eigenvalue weighted by molar-refractivity contribution is 5.69. The fourth-order valence-corrected chi connectivity index (χ4v) is 8.83. The van der Waals surface area contributed by atoms with Gasteiger partial charge in [0.25, 0.3) is 0 Å². The molecule has 10 atom stereocenters. The summed E-state index contributed by atoms with van der Waals surface area (Å²) in [5.41, 5.74) is -0.339. The third-order valence-electron chi connectivity index (χ3n) is 10.2. The lowest BCUT2D eigenvalue weighted by atomic mass is 9.45. The first-order valence-corrected chi connectivity index (χ1v) is 14.0. The Hall–Kier alpha value is -0.690. The van der Waals surface area contributed by atoms with Crippen LogP contribution in [0.3, 0.4) is 0 Å². The molecule has 1 N–H and O–H groups in total. The zero-order chi connectivity index (χ0) is 25.8. The minimum atomic E-state index is -0.704. The normalized spacial score (nSPS) is 46.1. The Morgan fingerprint density at radius 2 is 1.83 bits per heavy atom. The van der Waals surface area contributed by atoms with E-state index in [0.29, 0.717) is 18.3 Å². The number of ether oxygens (including phenoxy) is 4. The van der Waals surface area contributed by atoms with Crippen LogP contribution in [-0.2, 0) is 23.7 Å². The number of hydrogen-bond donors (Lipinski definition) is 1. The molecule has 0 bridgehead atoms. The van der Waals surface area contributed by atoms with Crippen LogP contribution in [0.1, 0.15) is 99.8 Å². The summed E-state index contributed by atoms with van der Waals surface area (Å²) in [6.45, 7) is 16.0. The van der Waals surface area contributed by atoms with Crippen molar-refractivity contribution in [1.29, 1.82) is 0 Å². The van der Waals surface area contributed by atoms with E-state index in [-0.39, 0.29) is 46.9 Å². The fourth-order valence-electron chi connectivity index (χ4n) is 8.83. The molecule has 0 aromatic carbocycles. The number of rotatable bonds is 8. The van der Waals surface area contributed by atoms with E-state index < -0.39 is 11.4 Å². The van der Waals surface area contributed by atoms with Gasteiger partial charge in [-0.15, -0.1) is 0 Å². The van der Waals surface area contributed by atoms with Crippen molar-refractivity contribution in [1.82, 2.24) is 0 Å². The maximum Gasteiger partial charge on any atom is 0.305 e. The third kappa shape index (κ3) is 5.19. The Labute approximate surface area is 212 Å². The van der Waals surface area contributed by atoms with Crippen LogP contribution < -0.4 is 0 Å². The number of esters is 1. The van der Waals surface area contributed by atoms with Crippen molar-refractivity contribution < 1.29 is 28.8 Å². The predicted molar refractivity (Wildman–Crippen MR) is 135 cm³/mol. The highest BCUT2D eigenvalue weighted by Gasteiger charge is 2.65. The SMILES string of the molecule is COC(=O)CC(C)[C@@H]1OC(C)(C)O[C@H]1CC(C)CC[C@@H]1[C@@]2(C)CCC[C@@]3(C)CO[C@@H](C[C@@]1(C)O)[C@@H]32. The maximum absolute atomic E-state index is 11.9. The molecule has 4 fully saturated rings. The molecule has 2 aliphatic heterocycles. The van der Waals surface area contributed by atoms with Crippen LogP contribution in [0.5, 0.6) is 0 Å². The lowest BCUT2D eigenvalue weighted by Crippen LogP contribution is -2.61. The van der Waals surface area contributed by atoms with Crippen LogP contribution in [0.4, 0.5) is 0 Å². The minimum absolute atomic E-state index is 0.0265. The summed E-state index contributed by atoms with van der Waals surface area (Å²) in [7, 11) is 1.43. The third-order valence-corrected chi connectivity index (χ3v) is 10.2. The average Bonchev–Trinajstić information content (AvgIpc) is 3.23. The second-order valence-electron chi connectivity index (χ2n) is 13.8. The molecular weight excluding hydrogens is 444 g/mol. The number of carbonyl (C=O) groups excluding carboxylic acids is 1. The number of carbonyl (C=O) groups is 1. The van der Waals surface area contributed by atoms with E-state index in [0.717, 1.165) is 32.3 Å². The highest BCUT2D eigenvalue weighted by atomic mass is 16.8. The molecule has 0 aromatic rings. The minimum Gasteiger partial charge on any atom is -0.469 e. The second kappa shape index (κ2) is 9.56. The predicted octanol–water partition coefficient (Wildman–Crippen LogP) is 5.49. The standard InChI is InChI=1S/C29H50O6/c1-18(14-20-24(35-26(3,4)34-20)19(2)15-23(30)32-8)10-11-22-28(6)13-9-12-27(5)17-33-21(25(27)28)16-29(22,7)31/h18-22,24-25,31H,9-17H2,1-8H3/t18?,19?,20-,21-,22+,24-,25-,27-,28+,29+/m0/s1. The summed E-state index contributed by atoms with van der Waals surface area (Å²) in [6.07, 6.45) is 7.70. The topological polar surface area (TPSA) is 74.2 Å². The zero-order valence-corrected chi connectivity index (χ0v) is 23.4. The number of methoxy groups -OCH3 is 1. The van der Waals surface area contributed by atoms with Gasteiger partial charge in [-0.25, -0.2) is 0 Å². The van der Waals surface area contributed by atoms with E-state index in [9.17, 15) is 9.90 Å². The second-order valence-corrected chi connectivity index (χ2v) is 13.8. The molecule has 6 nitrogen and oxygen atoms in total. The van der Waals surface area contributed by atoms with Gasteiger partial charge in [0.1, 0.15) is 0 Å². The lowest BCUT2D eigenvalue weighted by molar-refractivity contribution is -0.182. The fraction of sp³-hybridized carbons (Fsp3) is 0.966. The smallest absolute Gasteiger partial charge is 0.305 e. The van der Waals surface area contributed by atoms with Gasteiger partial charge in [-0.2, -0.15) is 0 Å². The quantitative estimate of drug-likeness (QED) is 0.450. The van der Waals surface area contributed by atoms with Gasteiger partial charge >= 0.3 is 5.97 Å². The first-order valence-electron chi connectivity index (χ1n) is 14.0. The summed E-state index contributed by atoms with van der Waals surface area (Å²) >= 11 is 0. The first kappa shape index (κ1) is 27.3. The Morgan fingerprint density at radius 1 is 1.11 bits per heavy atom. The van der Waals surface area contributed by atoms with E-state index in [4.69, 9.17) is 18.9 Å². The van der Waals surface area contributed by atoms with Gasteiger partial charge in [-0.05, 0) is 81.0 Å². The van der Waals surface area contributed by atoms with Gasteiger partial charge < -0.3 is 24.1 Å². The monoisotopic (exact) mass is 494 g/mol. The van der Waals surface area contributed by atoms with Gasteiger partial charge in [0, 0.05) is 6.42 Å². The maximum atomic E-state index is 11.9. The van der Waals surface area contributed by atoms with Crippen molar-refractivity contribution in [2.75, 3.05) is 13.7 Å². The van der Waals surface area contributed by atoms with Gasteiger partial charge in [0.2, 0.25) is 0 Å². The Kier molecular flexibility index (Phi) is 7.47. The average molecular weight is 495 g/mol. The molecule has 2 saturated carbocycles. The van der Waals surface area contributed by atoms with E-state index in [1.807, 2.05) is 20.8 Å². The van der Waals surface area contributed by atoms with Crippen LogP contribution in [0.25, 0.3) is 0 Å². The van der Waals surface area contributed by atoms with Crippen molar-refractivity contribution in [2.45, 2.75) is 130 Å². The Morgan fingerprint density at radius 3 is 2.51 bits per heavy atom. The van der Waals surface area contributed by atoms with E-state index in [2.05, 4.69) is 27.7 Å². The summed E-state index contributed by atoms with van der Waals surface area (Å²) in [4.78, 5) is 11.9. The number of aliphatic hydroxyl groups is 1. The Balaban J connectivity index is 1.42. The molecule has 35 heavy (non-hydrogen) atoms. The molecule has 0 spiro atoms. The summed E-state index contributed by atoms with van der Waals surface area (Å²) < 4.78 is 23.7. The molecule has 4 rings (SSSR count). The van der Waals surface area contributed by atoms with Gasteiger partial charge in [-0.1, -0.05) is 40.5 Å². The van der Waals surface area contributed by atoms with Crippen molar-refractivity contribution >= 4 is 5.97 Å². The van der Waals surface area contributed by atoms with Crippen LogP contribution in [0.15, 0.2) is 0 Å². The van der Waals surface area contributed by atoms with E-state index in [1.54, 1.807) is 0 Å². The molecule has 2 unspecified atom stereocenters. The first-order chi connectivity index (χ1) is 16.2. The van der Waals surface area contributed by atoms with Crippen molar-refractivity contribution in [3.63, 3.8) is 0 Å². The number of hydrogen-bond acceptors (Lipinski definition) is 6. The van der Waals surface area contributed by atoms with Gasteiger partial charge in [0.05, 0.1) is 44.1 Å². The summed E-state index contributed by atoms with van der Waals surface area (Å²) in [5.74, 6) is 0.408. The van der Waals surface area contributed by atoms with Crippen LogP contribution in [0, 0.1) is 34.5 Å². The van der Waals surface area contributed by atoms with Crippen molar-refractivity contribution in [2.24, 2.45) is 34.5 Å². The molecule has 2 aliphatic carbocycles. The van der Waals surface area contributed by atoms with Crippen molar-refractivity contribution in [3.05, 3.63) is 0 Å². The van der Waals surface area contributed by atoms with E-state index >= 15 is 0 Å². The molecule has 202 valence electrons. The van der Waals surface area contributed by atoms with Gasteiger partial charge in [0.15, 0.2) is 5.79 Å². The highest BCUT2D eigenvalue weighted by Crippen LogP contribution is 2.66. The van der Waals surface area contributed by atoms with Crippen LogP contribution in [-0.4, -0.2) is 54.5 Å². The summed E-state index contributed by atoms with van der Waals surface area (Å²) in [5, 5.41) is 11.7. The Bertz CT molecular complexity index is 779. The van der Waals surface area contributed by atoms with E-state index in [1.165, 1.54) is 26.4 Å². The largest absolute Gasteiger partial charge is 0.469 e. The molecule has 6 heteroatoms. The molecule has 0 amide bonds. The molecule has 0 aromatic heterocycles. The molecule has 2 heterocycles.